The summed E-state index contributed by atoms with van der Waals surface area (Å²) in [5, 5.41) is 12.5. The van der Waals surface area contributed by atoms with Gasteiger partial charge >= 0.3 is 0 Å². The molecular weight excluding hydrogens is 178 g/mol. The molecule has 0 fully saturated rings. The van der Waals surface area contributed by atoms with Crippen molar-refractivity contribution >= 4 is 5.78 Å². The van der Waals surface area contributed by atoms with E-state index < -0.39 is 0 Å². The molecule has 0 aromatic heterocycles. The monoisotopic (exact) mass is 193 g/mol. The summed E-state index contributed by atoms with van der Waals surface area (Å²) in [7, 11) is 1.70. The number of aryl methyl sites for hydroxylation is 1. The Balaban J connectivity index is 3.11. The Labute approximate surface area is 83.8 Å². The number of carbonyl (C=O) groups is 1. The topological polar surface area (TPSA) is 49.3 Å². The Hall–Kier alpha value is -1.35. The van der Waals surface area contributed by atoms with E-state index in [0.717, 1.165) is 11.1 Å². The quantitative estimate of drug-likeness (QED) is 0.713. The summed E-state index contributed by atoms with van der Waals surface area (Å²) in [5.74, 6) is 0.0124. The molecule has 1 rings (SSSR count). The van der Waals surface area contributed by atoms with Gasteiger partial charge in [0.05, 0.1) is 12.1 Å². The van der Waals surface area contributed by atoms with Crippen LogP contribution in [0.1, 0.15) is 21.5 Å². The molecule has 0 saturated heterocycles. The van der Waals surface area contributed by atoms with E-state index in [-0.39, 0.29) is 18.1 Å². The first-order chi connectivity index (χ1) is 6.57. The van der Waals surface area contributed by atoms with Crippen LogP contribution in [0.25, 0.3) is 0 Å². The summed E-state index contributed by atoms with van der Waals surface area (Å²) < 4.78 is 0. The maximum absolute atomic E-state index is 11.5. The molecule has 76 valence electrons. The molecule has 0 aliphatic rings. The first-order valence-corrected chi connectivity index (χ1v) is 4.55. The van der Waals surface area contributed by atoms with E-state index in [1.54, 1.807) is 20.0 Å². The highest BCUT2D eigenvalue weighted by molar-refractivity contribution is 6.00. The third kappa shape index (κ3) is 1.93. The summed E-state index contributed by atoms with van der Waals surface area (Å²) in [4.78, 5) is 11.5. The minimum absolute atomic E-state index is 0.0897. The molecule has 0 atom stereocenters. The number of ketones is 1. The van der Waals surface area contributed by atoms with Crippen LogP contribution in [0, 0.1) is 13.8 Å². The molecule has 0 aliphatic carbocycles. The number of rotatable bonds is 3. The number of hydrogen-bond acceptors (Lipinski definition) is 3. The highest BCUT2D eigenvalue weighted by Gasteiger charge is 2.12. The second-order valence-electron chi connectivity index (χ2n) is 3.36. The fourth-order valence-corrected chi connectivity index (χ4v) is 1.28. The lowest BCUT2D eigenvalue weighted by molar-refractivity contribution is 0.0991. The molecule has 0 radical (unpaired) electrons. The standard InChI is InChI=1S/C11H15NO2/c1-7-4-5-9(10(13)6-12-3)11(14)8(7)2/h4-5,12,14H,6H2,1-3H3. The Bertz CT molecular complexity index is 359. The first-order valence-electron chi connectivity index (χ1n) is 4.55. The van der Waals surface area contributed by atoms with Crippen LogP contribution in [-0.4, -0.2) is 24.5 Å². The Morgan fingerprint density at radius 2 is 2.07 bits per heavy atom. The van der Waals surface area contributed by atoms with Crippen LogP contribution in [-0.2, 0) is 0 Å². The highest BCUT2D eigenvalue weighted by Crippen LogP contribution is 2.24. The number of nitrogens with one attached hydrogen (secondary N) is 1. The van der Waals surface area contributed by atoms with Crippen molar-refractivity contribution in [3.63, 3.8) is 0 Å². The fourth-order valence-electron chi connectivity index (χ4n) is 1.28. The molecule has 0 spiro atoms. The van der Waals surface area contributed by atoms with Gasteiger partial charge in [0.15, 0.2) is 5.78 Å². The van der Waals surface area contributed by atoms with Gasteiger partial charge < -0.3 is 10.4 Å². The molecule has 1 aromatic rings. The summed E-state index contributed by atoms with van der Waals surface area (Å²) in [5.41, 5.74) is 2.15. The van der Waals surface area contributed by atoms with E-state index >= 15 is 0 Å². The lowest BCUT2D eigenvalue weighted by atomic mass is 10.0. The predicted molar refractivity (Wildman–Crippen MR) is 55.8 cm³/mol. The van der Waals surface area contributed by atoms with E-state index in [1.807, 2.05) is 13.0 Å². The molecule has 0 unspecified atom stereocenters. The summed E-state index contributed by atoms with van der Waals surface area (Å²) in [6.45, 7) is 3.96. The Morgan fingerprint density at radius 3 is 2.64 bits per heavy atom. The van der Waals surface area contributed by atoms with Gasteiger partial charge in [-0.2, -0.15) is 0 Å². The average molecular weight is 193 g/mol. The summed E-state index contributed by atoms with van der Waals surface area (Å²) in [6.07, 6.45) is 0. The molecule has 14 heavy (non-hydrogen) atoms. The number of likely N-dealkylation sites (N-methyl/N-ethyl adjacent to an activating group) is 1. The zero-order valence-corrected chi connectivity index (χ0v) is 8.72. The number of benzene rings is 1. The fraction of sp³-hybridized carbons (Fsp3) is 0.364. The van der Waals surface area contributed by atoms with Crippen molar-refractivity contribution in [2.24, 2.45) is 0 Å². The van der Waals surface area contributed by atoms with E-state index in [2.05, 4.69) is 5.32 Å². The molecule has 1 aromatic carbocycles. The molecule has 0 bridgehead atoms. The number of aromatic hydroxyl groups is 1. The predicted octanol–water partition coefficient (Wildman–Crippen LogP) is 1.41. The van der Waals surface area contributed by atoms with Crippen LogP contribution >= 0.6 is 0 Å². The highest BCUT2D eigenvalue weighted by atomic mass is 16.3. The van der Waals surface area contributed by atoms with Crippen LogP contribution < -0.4 is 5.32 Å². The third-order valence-electron chi connectivity index (χ3n) is 2.34. The van der Waals surface area contributed by atoms with Gasteiger partial charge in [0, 0.05) is 0 Å². The van der Waals surface area contributed by atoms with Gasteiger partial charge in [0.1, 0.15) is 5.75 Å². The van der Waals surface area contributed by atoms with Crippen LogP contribution in [0.15, 0.2) is 12.1 Å². The molecule has 3 nitrogen and oxygen atoms in total. The van der Waals surface area contributed by atoms with Crippen molar-refractivity contribution in [1.29, 1.82) is 0 Å². The SMILES string of the molecule is CNCC(=O)c1ccc(C)c(C)c1O. The number of hydrogen-bond donors (Lipinski definition) is 2. The number of phenolic OH excluding ortho intramolecular Hbond substituents is 1. The lowest BCUT2D eigenvalue weighted by Gasteiger charge is -2.08. The zero-order valence-electron chi connectivity index (χ0n) is 8.72. The summed E-state index contributed by atoms with van der Waals surface area (Å²) >= 11 is 0. The lowest BCUT2D eigenvalue weighted by Crippen LogP contribution is -2.18. The minimum Gasteiger partial charge on any atom is -0.507 e. The van der Waals surface area contributed by atoms with Gasteiger partial charge in [-0.1, -0.05) is 6.07 Å². The van der Waals surface area contributed by atoms with Gasteiger partial charge in [-0.3, -0.25) is 4.79 Å². The Kier molecular flexibility index (Phi) is 3.25. The number of Topliss-reactive ketones (excluding diaryl/α,β-unsaturated/α-hetero) is 1. The van der Waals surface area contributed by atoms with Crippen molar-refractivity contribution in [1.82, 2.24) is 5.32 Å². The van der Waals surface area contributed by atoms with Gasteiger partial charge in [0.25, 0.3) is 0 Å². The zero-order chi connectivity index (χ0) is 10.7. The van der Waals surface area contributed by atoms with Crippen molar-refractivity contribution in [3.8, 4) is 5.75 Å². The number of carbonyl (C=O) groups excluding carboxylic acids is 1. The van der Waals surface area contributed by atoms with Crippen molar-refractivity contribution in [3.05, 3.63) is 28.8 Å². The van der Waals surface area contributed by atoms with Crippen LogP contribution in [0.4, 0.5) is 0 Å². The second-order valence-corrected chi connectivity index (χ2v) is 3.36. The molecule has 0 heterocycles. The van der Waals surface area contributed by atoms with E-state index in [4.69, 9.17) is 0 Å². The molecule has 0 aliphatic heterocycles. The van der Waals surface area contributed by atoms with Gasteiger partial charge in [-0.25, -0.2) is 0 Å². The van der Waals surface area contributed by atoms with Crippen molar-refractivity contribution < 1.29 is 9.90 Å². The average Bonchev–Trinajstić information content (AvgIpc) is 2.15. The largest absolute Gasteiger partial charge is 0.507 e. The molecule has 3 heteroatoms. The van der Waals surface area contributed by atoms with Crippen LogP contribution in [0.3, 0.4) is 0 Å². The maximum Gasteiger partial charge on any atom is 0.180 e. The van der Waals surface area contributed by atoms with E-state index in [9.17, 15) is 9.90 Å². The normalized spacial score (nSPS) is 10.2. The van der Waals surface area contributed by atoms with Crippen molar-refractivity contribution in [2.75, 3.05) is 13.6 Å². The van der Waals surface area contributed by atoms with Gasteiger partial charge in [0.2, 0.25) is 0 Å². The number of phenols is 1. The first kappa shape index (κ1) is 10.7. The van der Waals surface area contributed by atoms with E-state index in [0.29, 0.717) is 5.56 Å². The molecule has 0 saturated carbocycles. The second kappa shape index (κ2) is 4.24. The minimum atomic E-state index is -0.0897. The van der Waals surface area contributed by atoms with Crippen LogP contribution in [0.2, 0.25) is 0 Å². The summed E-state index contributed by atoms with van der Waals surface area (Å²) in [6, 6.07) is 3.51. The molecular formula is C11H15NO2. The molecule has 2 N–H and O–H groups in total. The van der Waals surface area contributed by atoms with Crippen LogP contribution in [0.5, 0.6) is 5.75 Å². The third-order valence-corrected chi connectivity index (χ3v) is 2.34. The Morgan fingerprint density at radius 1 is 1.43 bits per heavy atom. The smallest absolute Gasteiger partial charge is 0.180 e. The molecule has 0 amide bonds. The van der Waals surface area contributed by atoms with Gasteiger partial charge in [-0.05, 0) is 38.1 Å². The van der Waals surface area contributed by atoms with Crippen molar-refractivity contribution in [2.45, 2.75) is 13.8 Å². The maximum atomic E-state index is 11.5. The van der Waals surface area contributed by atoms with Gasteiger partial charge in [-0.15, -0.1) is 0 Å². The van der Waals surface area contributed by atoms with E-state index in [1.165, 1.54) is 0 Å².